The van der Waals surface area contributed by atoms with Crippen LogP contribution in [0.2, 0.25) is 5.02 Å². The molecule has 0 fully saturated rings. The molecule has 6 nitrogen and oxygen atoms in total. The molecule has 0 aliphatic rings. The molecule has 132 valence electrons. The Kier molecular flexibility index (Phi) is 5.66. The number of methoxy groups -OCH3 is 1. The van der Waals surface area contributed by atoms with Crippen LogP contribution < -0.4 is 4.74 Å². The quantitative estimate of drug-likeness (QED) is 0.479. The topological polar surface area (TPSA) is 74.5 Å². The number of carbonyl (C=O) groups excluding carboxylic acids is 1. The lowest BCUT2D eigenvalue weighted by molar-refractivity contribution is -0.139. The molecule has 0 unspecified atom stereocenters. The highest BCUT2D eigenvalue weighted by atomic mass is 35.5. The Morgan fingerprint density at radius 3 is 2.85 bits per heavy atom. The summed E-state index contributed by atoms with van der Waals surface area (Å²) >= 11 is 6.09. The molecule has 3 aromatic rings. The number of esters is 1. The number of carbonyl (C=O) groups is 1. The molecular formula is C19H15ClN2O4. The molecular weight excluding hydrogens is 356 g/mol. The molecule has 0 N–H and O–H groups in total. The fraction of sp³-hybridized carbons (Fsp3) is 0.105. The van der Waals surface area contributed by atoms with Gasteiger partial charge in [-0.25, -0.2) is 4.79 Å². The Balaban J connectivity index is 1.58. The van der Waals surface area contributed by atoms with Crippen LogP contribution in [-0.4, -0.2) is 23.3 Å². The Labute approximate surface area is 155 Å². The number of ether oxygens (including phenoxy) is 2. The van der Waals surface area contributed by atoms with Crippen LogP contribution in [0.4, 0.5) is 0 Å². The third-order valence-electron chi connectivity index (χ3n) is 3.41. The fourth-order valence-electron chi connectivity index (χ4n) is 2.15. The van der Waals surface area contributed by atoms with Crippen LogP contribution in [0.5, 0.6) is 5.75 Å². The maximum atomic E-state index is 11.8. The highest BCUT2D eigenvalue weighted by Gasteiger charge is 2.12. The van der Waals surface area contributed by atoms with Gasteiger partial charge < -0.3 is 13.9 Å². The van der Waals surface area contributed by atoms with Gasteiger partial charge in [0.1, 0.15) is 5.75 Å². The van der Waals surface area contributed by atoms with Crippen molar-refractivity contribution >= 4 is 23.6 Å². The van der Waals surface area contributed by atoms with Gasteiger partial charge in [0.05, 0.1) is 17.7 Å². The third-order valence-corrected chi connectivity index (χ3v) is 3.74. The van der Waals surface area contributed by atoms with Gasteiger partial charge in [-0.3, -0.25) is 0 Å². The standard InChI is InChI=1S/C19H15ClN2O4/c1-24-14-6-4-5-13(11-14)9-10-18(23)25-12-17-21-22-19(26-17)15-7-2-3-8-16(15)20/h2-11H,12H2,1H3. The zero-order valence-corrected chi connectivity index (χ0v) is 14.6. The van der Waals surface area contributed by atoms with Crippen LogP contribution >= 0.6 is 11.6 Å². The van der Waals surface area contributed by atoms with Crippen molar-refractivity contribution < 1.29 is 18.7 Å². The highest BCUT2D eigenvalue weighted by molar-refractivity contribution is 6.33. The summed E-state index contributed by atoms with van der Waals surface area (Å²) in [7, 11) is 1.58. The van der Waals surface area contributed by atoms with Crippen molar-refractivity contribution in [2.75, 3.05) is 7.11 Å². The predicted octanol–water partition coefficient (Wildman–Crippen LogP) is 4.16. The van der Waals surface area contributed by atoms with E-state index in [0.29, 0.717) is 16.3 Å². The number of halogens is 1. The fourth-order valence-corrected chi connectivity index (χ4v) is 2.36. The number of hydrogen-bond acceptors (Lipinski definition) is 6. The minimum Gasteiger partial charge on any atom is -0.497 e. The maximum absolute atomic E-state index is 11.8. The van der Waals surface area contributed by atoms with E-state index in [1.807, 2.05) is 24.3 Å². The molecule has 0 aliphatic heterocycles. The maximum Gasteiger partial charge on any atom is 0.331 e. The average molecular weight is 371 g/mol. The second kappa shape index (κ2) is 8.31. The molecule has 3 rings (SSSR count). The largest absolute Gasteiger partial charge is 0.497 e. The minimum atomic E-state index is -0.523. The van der Waals surface area contributed by atoms with Gasteiger partial charge in [0.15, 0.2) is 6.61 Å². The molecule has 0 saturated heterocycles. The first kappa shape index (κ1) is 17.7. The summed E-state index contributed by atoms with van der Waals surface area (Å²) in [4.78, 5) is 11.8. The van der Waals surface area contributed by atoms with Gasteiger partial charge in [0.2, 0.25) is 5.89 Å². The minimum absolute atomic E-state index is 0.126. The normalized spacial score (nSPS) is 10.8. The van der Waals surface area contributed by atoms with Crippen molar-refractivity contribution in [1.82, 2.24) is 10.2 Å². The molecule has 0 atom stereocenters. The SMILES string of the molecule is COc1cccc(C=CC(=O)OCc2nnc(-c3ccccc3Cl)o2)c1. The van der Waals surface area contributed by atoms with Gasteiger partial charge in [0, 0.05) is 6.08 Å². The van der Waals surface area contributed by atoms with E-state index in [2.05, 4.69) is 10.2 Å². The van der Waals surface area contributed by atoms with Crippen molar-refractivity contribution in [3.63, 3.8) is 0 Å². The molecule has 7 heteroatoms. The first-order chi connectivity index (χ1) is 12.7. The second-order valence-electron chi connectivity index (χ2n) is 5.20. The third kappa shape index (κ3) is 4.49. The van der Waals surface area contributed by atoms with Crippen LogP contribution in [-0.2, 0) is 16.1 Å². The summed E-state index contributed by atoms with van der Waals surface area (Å²) < 4.78 is 15.7. The van der Waals surface area contributed by atoms with E-state index in [4.69, 9.17) is 25.5 Å². The van der Waals surface area contributed by atoms with Gasteiger partial charge in [-0.1, -0.05) is 35.9 Å². The van der Waals surface area contributed by atoms with E-state index >= 15 is 0 Å². The average Bonchev–Trinajstić information content (AvgIpc) is 3.14. The molecule has 26 heavy (non-hydrogen) atoms. The Bertz CT molecular complexity index is 937. The summed E-state index contributed by atoms with van der Waals surface area (Å²) in [5.74, 6) is 0.639. The van der Waals surface area contributed by atoms with E-state index in [1.54, 1.807) is 37.5 Å². The van der Waals surface area contributed by atoms with Crippen molar-refractivity contribution in [1.29, 1.82) is 0 Å². The Morgan fingerprint density at radius 2 is 2.04 bits per heavy atom. The molecule has 1 aromatic heterocycles. The number of rotatable bonds is 6. The van der Waals surface area contributed by atoms with Gasteiger partial charge >= 0.3 is 5.97 Å². The van der Waals surface area contributed by atoms with Crippen LogP contribution in [0.25, 0.3) is 17.5 Å². The van der Waals surface area contributed by atoms with Gasteiger partial charge in [-0.15, -0.1) is 10.2 Å². The number of hydrogen-bond donors (Lipinski definition) is 0. The smallest absolute Gasteiger partial charge is 0.331 e. The number of aromatic nitrogens is 2. The van der Waals surface area contributed by atoms with E-state index in [-0.39, 0.29) is 18.4 Å². The lowest BCUT2D eigenvalue weighted by Crippen LogP contribution is -2.00. The predicted molar refractivity (Wildman–Crippen MR) is 96.6 cm³/mol. The lowest BCUT2D eigenvalue weighted by atomic mass is 10.2. The first-order valence-corrected chi connectivity index (χ1v) is 8.09. The Morgan fingerprint density at radius 1 is 1.19 bits per heavy atom. The van der Waals surface area contributed by atoms with E-state index < -0.39 is 5.97 Å². The van der Waals surface area contributed by atoms with Crippen LogP contribution in [0.1, 0.15) is 11.5 Å². The molecule has 0 radical (unpaired) electrons. The second-order valence-corrected chi connectivity index (χ2v) is 5.61. The summed E-state index contributed by atoms with van der Waals surface area (Å²) in [6, 6.07) is 14.4. The molecule has 0 aliphatic carbocycles. The molecule has 2 aromatic carbocycles. The summed E-state index contributed by atoms with van der Waals surface area (Å²) in [5, 5.41) is 8.27. The zero-order valence-electron chi connectivity index (χ0n) is 13.9. The highest BCUT2D eigenvalue weighted by Crippen LogP contribution is 2.26. The van der Waals surface area contributed by atoms with Gasteiger partial charge in [-0.2, -0.15) is 0 Å². The zero-order chi connectivity index (χ0) is 18.4. The van der Waals surface area contributed by atoms with Crippen molar-refractivity contribution in [2.45, 2.75) is 6.61 Å². The molecule has 0 spiro atoms. The van der Waals surface area contributed by atoms with Crippen LogP contribution in [0.15, 0.2) is 59.0 Å². The number of benzene rings is 2. The molecule has 0 saturated carbocycles. The van der Waals surface area contributed by atoms with E-state index in [1.165, 1.54) is 6.08 Å². The molecule has 0 amide bonds. The Hall–Kier alpha value is -3.12. The number of nitrogens with zero attached hydrogens (tertiary/aromatic N) is 2. The van der Waals surface area contributed by atoms with Gasteiger partial charge in [-0.05, 0) is 35.9 Å². The first-order valence-electron chi connectivity index (χ1n) is 7.72. The monoisotopic (exact) mass is 370 g/mol. The lowest BCUT2D eigenvalue weighted by Gasteiger charge is -2.00. The summed E-state index contributed by atoms with van der Waals surface area (Å²) in [6.07, 6.45) is 2.95. The van der Waals surface area contributed by atoms with E-state index in [9.17, 15) is 4.79 Å². The van der Waals surface area contributed by atoms with E-state index in [0.717, 1.165) is 5.56 Å². The van der Waals surface area contributed by atoms with Crippen LogP contribution in [0.3, 0.4) is 0 Å². The van der Waals surface area contributed by atoms with Gasteiger partial charge in [0.25, 0.3) is 5.89 Å². The molecule has 1 heterocycles. The summed E-state index contributed by atoms with van der Waals surface area (Å²) in [5.41, 5.74) is 1.44. The van der Waals surface area contributed by atoms with Crippen molar-refractivity contribution in [2.24, 2.45) is 0 Å². The van der Waals surface area contributed by atoms with Crippen molar-refractivity contribution in [3.05, 3.63) is 71.1 Å². The molecule has 0 bridgehead atoms. The summed E-state index contributed by atoms with van der Waals surface area (Å²) in [6.45, 7) is -0.126. The van der Waals surface area contributed by atoms with Crippen molar-refractivity contribution in [3.8, 4) is 17.2 Å². The van der Waals surface area contributed by atoms with Crippen LogP contribution in [0, 0.1) is 0 Å².